The van der Waals surface area contributed by atoms with Gasteiger partial charge in [-0.05, 0) is 55.6 Å². The number of rotatable bonds is 9. The molecule has 30 heavy (non-hydrogen) atoms. The van der Waals surface area contributed by atoms with Crippen molar-refractivity contribution >= 4 is 11.8 Å². The molecule has 2 aliphatic carbocycles. The molecule has 3 rings (SSSR count). The number of unbranched alkanes of at least 4 members (excludes halogenated alkanes) is 1. The first-order chi connectivity index (χ1) is 14.5. The quantitative estimate of drug-likeness (QED) is 0.426. The van der Waals surface area contributed by atoms with E-state index in [-0.39, 0.29) is 36.4 Å². The Hall–Kier alpha value is -2.24. The van der Waals surface area contributed by atoms with Gasteiger partial charge in [-0.1, -0.05) is 48.6 Å². The second kappa shape index (κ2) is 10.7. The molecular formula is C25H32O5. The molecular weight excluding hydrogens is 380 g/mol. The average molecular weight is 413 g/mol. The SMILES string of the molecule is O=C(O)CCC/C=C\C[C@H]1C(=O)C[C@@H](O)C1/C=C/[C@H](O)[C@@H]1CCc2ccccc2C1. The van der Waals surface area contributed by atoms with E-state index in [9.17, 15) is 19.8 Å². The molecule has 1 aromatic carbocycles. The normalized spacial score (nSPS) is 27.6. The van der Waals surface area contributed by atoms with Crippen LogP contribution >= 0.6 is 0 Å². The molecule has 3 N–H and O–H groups in total. The van der Waals surface area contributed by atoms with Gasteiger partial charge in [-0.3, -0.25) is 9.59 Å². The van der Waals surface area contributed by atoms with Crippen LogP contribution in [0.1, 0.15) is 49.7 Å². The van der Waals surface area contributed by atoms with E-state index in [1.165, 1.54) is 11.1 Å². The van der Waals surface area contributed by atoms with Crippen LogP contribution < -0.4 is 0 Å². The summed E-state index contributed by atoms with van der Waals surface area (Å²) in [5, 5.41) is 29.7. The van der Waals surface area contributed by atoms with Gasteiger partial charge >= 0.3 is 5.97 Å². The number of Topliss-reactive ketones (excluding diaryl/α,β-unsaturated/α-hetero) is 1. The molecule has 1 aromatic rings. The number of hydrogen-bond acceptors (Lipinski definition) is 4. The van der Waals surface area contributed by atoms with Gasteiger partial charge in [0.05, 0.1) is 12.2 Å². The van der Waals surface area contributed by atoms with Gasteiger partial charge in [0.1, 0.15) is 5.78 Å². The minimum Gasteiger partial charge on any atom is -0.481 e. The molecule has 0 aliphatic heterocycles. The zero-order chi connectivity index (χ0) is 21.5. The number of carbonyl (C=O) groups is 2. The maximum atomic E-state index is 12.3. The molecule has 5 nitrogen and oxygen atoms in total. The van der Waals surface area contributed by atoms with Gasteiger partial charge in [-0.15, -0.1) is 0 Å². The first kappa shape index (κ1) is 22.4. The molecule has 2 aliphatic rings. The Kier molecular flexibility index (Phi) is 8.00. The average Bonchev–Trinajstić information content (AvgIpc) is 3.00. The standard InChI is InChI=1S/C25H32O5/c26-22(19-12-11-17-7-5-6-8-18(17)15-19)14-13-21-20(23(27)16-24(21)28)9-3-1-2-4-10-25(29)30/h1,3,5-8,13-14,19-22,24,26,28H,2,4,9-12,15-16H2,(H,29,30)/b3-1-,14-13+/t19-,20-,21?,22+,24-/m1/s1. The molecule has 0 bridgehead atoms. The van der Waals surface area contributed by atoms with Crippen molar-refractivity contribution in [3.05, 3.63) is 59.7 Å². The zero-order valence-electron chi connectivity index (χ0n) is 17.3. The van der Waals surface area contributed by atoms with E-state index in [1.807, 2.05) is 24.3 Å². The maximum Gasteiger partial charge on any atom is 0.303 e. The van der Waals surface area contributed by atoms with Gasteiger partial charge in [0.2, 0.25) is 0 Å². The lowest BCUT2D eigenvalue weighted by Crippen LogP contribution is -2.26. The molecule has 0 amide bonds. The summed E-state index contributed by atoms with van der Waals surface area (Å²) in [6, 6.07) is 8.35. The summed E-state index contributed by atoms with van der Waals surface area (Å²) in [4.78, 5) is 22.9. The van der Waals surface area contributed by atoms with Crippen LogP contribution in [0.25, 0.3) is 0 Å². The largest absolute Gasteiger partial charge is 0.481 e. The minimum absolute atomic E-state index is 0.0495. The smallest absolute Gasteiger partial charge is 0.303 e. The fourth-order valence-corrected chi connectivity index (χ4v) is 4.68. The van der Waals surface area contributed by atoms with Crippen molar-refractivity contribution in [1.82, 2.24) is 0 Å². The number of carboxylic acid groups (broad SMARTS) is 1. The number of carboxylic acids is 1. The molecule has 0 aromatic heterocycles. The first-order valence-electron chi connectivity index (χ1n) is 11.0. The third kappa shape index (κ3) is 5.89. The van der Waals surface area contributed by atoms with Crippen LogP contribution in [0.2, 0.25) is 0 Å². The van der Waals surface area contributed by atoms with Crippen LogP contribution in [-0.4, -0.2) is 39.3 Å². The number of aryl methyl sites for hydroxylation is 1. The van der Waals surface area contributed by atoms with Crippen LogP contribution in [0.15, 0.2) is 48.6 Å². The number of aliphatic carboxylic acids is 1. The van der Waals surface area contributed by atoms with Crippen molar-refractivity contribution in [2.24, 2.45) is 17.8 Å². The number of aliphatic hydroxyl groups is 2. The highest BCUT2D eigenvalue weighted by Gasteiger charge is 2.39. The monoisotopic (exact) mass is 412 g/mol. The highest BCUT2D eigenvalue weighted by Crippen LogP contribution is 2.34. The topological polar surface area (TPSA) is 94.8 Å². The fourth-order valence-electron chi connectivity index (χ4n) is 4.68. The van der Waals surface area contributed by atoms with E-state index in [0.29, 0.717) is 19.3 Å². The number of fused-ring (bicyclic) bond motifs is 1. The van der Waals surface area contributed by atoms with E-state index in [0.717, 1.165) is 19.3 Å². The van der Waals surface area contributed by atoms with Crippen LogP contribution in [0.3, 0.4) is 0 Å². The van der Waals surface area contributed by atoms with E-state index >= 15 is 0 Å². The summed E-state index contributed by atoms with van der Waals surface area (Å²) in [7, 11) is 0. The van der Waals surface area contributed by atoms with Crippen molar-refractivity contribution < 1.29 is 24.9 Å². The van der Waals surface area contributed by atoms with Crippen molar-refractivity contribution in [1.29, 1.82) is 0 Å². The third-order valence-electron chi connectivity index (χ3n) is 6.45. The number of ketones is 1. The molecule has 162 valence electrons. The molecule has 5 atom stereocenters. The number of allylic oxidation sites excluding steroid dienone is 2. The van der Waals surface area contributed by atoms with Gasteiger partial charge in [-0.25, -0.2) is 0 Å². The highest BCUT2D eigenvalue weighted by molar-refractivity contribution is 5.84. The van der Waals surface area contributed by atoms with Crippen LogP contribution in [0, 0.1) is 17.8 Å². The van der Waals surface area contributed by atoms with Gasteiger partial charge in [-0.2, -0.15) is 0 Å². The predicted molar refractivity (Wildman–Crippen MR) is 115 cm³/mol. The summed E-state index contributed by atoms with van der Waals surface area (Å²) in [5.74, 6) is -1.17. The summed E-state index contributed by atoms with van der Waals surface area (Å²) in [6.07, 6.45) is 10.9. The Morgan fingerprint density at radius 3 is 2.70 bits per heavy atom. The maximum absolute atomic E-state index is 12.3. The summed E-state index contributed by atoms with van der Waals surface area (Å²) >= 11 is 0. The molecule has 0 saturated heterocycles. The molecule has 1 fully saturated rings. The van der Waals surface area contributed by atoms with Crippen molar-refractivity contribution in [3.8, 4) is 0 Å². The Bertz CT molecular complexity index is 796. The summed E-state index contributed by atoms with van der Waals surface area (Å²) in [6.45, 7) is 0. The number of aliphatic hydroxyl groups excluding tert-OH is 2. The second-order valence-corrected chi connectivity index (χ2v) is 8.56. The second-order valence-electron chi connectivity index (χ2n) is 8.56. The predicted octanol–water partition coefficient (Wildman–Crippen LogP) is 3.48. The van der Waals surface area contributed by atoms with Crippen molar-refractivity contribution in [3.63, 3.8) is 0 Å². The summed E-state index contributed by atoms with van der Waals surface area (Å²) in [5.41, 5.74) is 2.65. The lowest BCUT2D eigenvalue weighted by atomic mass is 9.80. The van der Waals surface area contributed by atoms with E-state index in [1.54, 1.807) is 6.08 Å². The molecule has 0 radical (unpaired) electrons. The Morgan fingerprint density at radius 2 is 1.93 bits per heavy atom. The third-order valence-corrected chi connectivity index (χ3v) is 6.45. The molecule has 1 saturated carbocycles. The molecule has 5 heteroatoms. The summed E-state index contributed by atoms with van der Waals surface area (Å²) < 4.78 is 0. The van der Waals surface area contributed by atoms with Gasteiger partial charge < -0.3 is 15.3 Å². The van der Waals surface area contributed by atoms with E-state index < -0.39 is 18.2 Å². The molecule has 1 unspecified atom stereocenters. The van der Waals surface area contributed by atoms with Crippen molar-refractivity contribution in [2.45, 2.75) is 63.6 Å². The number of carbonyl (C=O) groups excluding carboxylic acids is 1. The van der Waals surface area contributed by atoms with Gasteiger partial charge in [0.15, 0.2) is 0 Å². The van der Waals surface area contributed by atoms with Crippen molar-refractivity contribution in [2.75, 3.05) is 0 Å². The first-order valence-corrected chi connectivity index (χ1v) is 11.0. The highest BCUT2D eigenvalue weighted by atomic mass is 16.4. The minimum atomic E-state index is -0.803. The Balaban J connectivity index is 1.55. The van der Waals surface area contributed by atoms with E-state index in [4.69, 9.17) is 5.11 Å². The van der Waals surface area contributed by atoms with Gasteiger partial charge in [0.25, 0.3) is 0 Å². The van der Waals surface area contributed by atoms with Crippen LogP contribution in [0.4, 0.5) is 0 Å². The Labute approximate surface area is 178 Å². The lowest BCUT2D eigenvalue weighted by Gasteiger charge is -2.27. The molecule has 0 spiro atoms. The van der Waals surface area contributed by atoms with E-state index in [2.05, 4.69) is 18.2 Å². The number of hydrogen-bond donors (Lipinski definition) is 3. The molecule has 0 heterocycles. The zero-order valence-corrected chi connectivity index (χ0v) is 17.3. The van der Waals surface area contributed by atoms with Crippen LogP contribution in [0.5, 0.6) is 0 Å². The Morgan fingerprint density at radius 1 is 1.17 bits per heavy atom. The van der Waals surface area contributed by atoms with Gasteiger partial charge in [0, 0.05) is 24.7 Å². The fraction of sp³-hybridized carbons (Fsp3) is 0.520. The van der Waals surface area contributed by atoms with Crippen LogP contribution in [-0.2, 0) is 22.4 Å². The number of benzene rings is 1. The lowest BCUT2D eigenvalue weighted by molar-refractivity contribution is -0.137.